The molecule has 1 aliphatic heterocycles. The van der Waals surface area contributed by atoms with Gasteiger partial charge in [0.25, 0.3) is 0 Å². The van der Waals surface area contributed by atoms with Gasteiger partial charge in [0.05, 0.1) is 31.8 Å². The molecule has 2 heterocycles. The van der Waals surface area contributed by atoms with E-state index in [1.165, 1.54) is 20.4 Å². The molecule has 2 aromatic rings. The van der Waals surface area contributed by atoms with Crippen molar-refractivity contribution in [3.63, 3.8) is 0 Å². The molecule has 1 saturated heterocycles. The number of ether oxygens (including phenoxy) is 2. The standard InChI is InChI=1S/C21H25F2N3O4/c1-29-19-16-13(18(27)14(20(28)30-2)8-26(16)12-3-4-12)7-15(23)17(19)25-6-5-21(9-22,10-24)11-25/h7-8,12H,3-6,9-11,24H2,1-2H3/t21-/m1/s1. The number of nitrogens with zero attached hydrogens (tertiary/aromatic N) is 2. The minimum Gasteiger partial charge on any atom is -0.492 e. The zero-order valence-corrected chi connectivity index (χ0v) is 17.0. The number of pyridine rings is 1. The third-order valence-corrected chi connectivity index (χ3v) is 6.22. The molecule has 2 N–H and O–H groups in total. The summed E-state index contributed by atoms with van der Waals surface area (Å²) in [5.74, 6) is -1.22. The summed E-state index contributed by atoms with van der Waals surface area (Å²) in [6.07, 6.45) is 3.71. The number of carbonyl (C=O) groups is 1. The summed E-state index contributed by atoms with van der Waals surface area (Å²) in [5, 5.41) is 0.0534. The number of carbonyl (C=O) groups excluding carboxylic acids is 1. The smallest absolute Gasteiger partial charge is 0.343 e. The Morgan fingerprint density at radius 1 is 1.37 bits per heavy atom. The predicted octanol–water partition coefficient (Wildman–Crippen LogP) is 2.40. The van der Waals surface area contributed by atoms with Crippen molar-refractivity contribution in [1.82, 2.24) is 4.57 Å². The molecule has 0 bridgehead atoms. The highest BCUT2D eigenvalue weighted by Gasteiger charge is 2.40. The zero-order valence-electron chi connectivity index (χ0n) is 17.0. The van der Waals surface area contributed by atoms with Crippen LogP contribution in [0.25, 0.3) is 10.9 Å². The number of nitrogens with two attached hydrogens (primary N) is 1. The summed E-state index contributed by atoms with van der Waals surface area (Å²) >= 11 is 0. The molecule has 0 spiro atoms. The van der Waals surface area contributed by atoms with Gasteiger partial charge in [0.1, 0.15) is 11.3 Å². The van der Waals surface area contributed by atoms with E-state index in [4.69, 9.17) is 15.2 Å². The van der Waals surface area contributed by atoms with E-state index in [1.807, 2.05) is 0 Å². The van der Waals surface area contributed by atoms with Crippen LogP contribution in [0.15, 0.2) is 17.1 Å². The summed E-state index contributed by atoms with van der Waals surface area (Å²) in [6.45, 7) is 0.250. The van der Waals surface area contributed by atoms with Crippen LogP contribution in [0.3, 0.4) is 0 Å². The minimum absolute atomic E-state index is 0.0534. The fourth-order valence-corrected chi connectivity index (χ4v) is 4.28. The van der Waals surface area contributed by atoms with Crippen LogP contribution < -0.4 is 20.8 Å². The van der Waals surface area contributed by atoms with Crippen molar-refractivity contribution in [2.45, 2.75) is 25.3 Å². The van der Waals surface area contributed by atoms with Crippen molar-refractivity contribution in [2.75, 3.05) is 45.4 Å². The van der Waals surface area contributed by atoms with E-state index in [1.54, 1.807) is 9.47 Å². The summed E-state index contributed by atoms with van der Waals surface area (Å²) < 4.78 is 41.1. The number of esters is 1. The van der Waals surface area contributed by atoms with Gasteiger partial charge < -0.3 is 24.7 Å². The Kier molecular flexibility index (Phi) is 5.17. The molecule has 9 heteroatoms. The van der Waals surface area contributed by atoms with E-state index in [0.29, 0.717) is 18.5 Å². The maximum absolute atomic E-state index is 15.3. The first-order valence-corrected chi connectivity index (χ1v) is 9.94. The number of anilines is 1. The predicted molar refractivity (Wildman–Crippen MR) is 109 cm³/mol. The molecule has 1 aliphatic carbocycles. The number of aromatic nitrogens is 1. The monoisotopic (exact) mass is 421 g/mol. The van der Waals surface area contributed by atoms with Crippen LogP contribution in [-0.2, 0) is 4.74 Å². The second-order valence-electron chi connectivity index (χ2n) is 8.15. The highest BCUT2D eigenvalue weighted by atomic mass is 19.1. The lowest BCUT2D eigenvalue weighted by Crippen LogP contribution is -2.36. The van der Waals surface area contributed by atoms with Gasteiger partial charge in [-0.1, -0.05) is 0 Å². The van der Waals surface area contributed by atoms with Gasteiger partial charge in [0.2, 0.25) is 5.43 Å². The topological polar surface area (TPSA) is 86.8 Å². The van der Waals surface area contributed by atoms with Crippen LogP contribution in [0, 0.1) is 11.2 Å². The summed E-state index contributed by atoms with van der Waals surface area (Å²) in [7, 11) is 2.61. The van der Waals surface area contributed by atoms with E-state index in [9.17, 15) is 14.0 Å². The van der Waals surface area contributed by atoms with E-state index >= 15 is 4.39 Å². The third-order valence-electron chi connectivity index (χ3n) is 6.22. The third kappa shape index (κ3) is 3.12. The number of methoxy groups -OCH3 is 2. The lowest BCUT2D eigenvalue weighted by atomic mass is 9.89. The molecule has 0 radical (unpaired) electrons. The molecule has 0 amide bonds. The van der Waals surface area contributed by atoms with E-state index in [2.05, 4.69) is 0 Å². The molecule has 162 valence electrons. The van der Waals surface area contributed by atoms with Crippen LogP contribution in [0.1, 0.15) is 35.7 Å². The number of hydrogen-bond acceptors (Lipinski definition) is 6. The molecule has 2 aliphatic rings. The average molecular weight is 421 g/mol. The second kappa shape index (κ2) is 7.54. The Morgan fingerprint density at radius 2 is 2.10 bits per heavy atom. The van der Waals surface area contributed by atoms with Gasteiger partial charge >= 0.3 is 5.97 Å². The van der Waals surface area contributed by atoms with Crippen molar-refractivity contribution in [3.8, 4) is 5.75 Å². The van der Waals surface area contributed by atoms with Gasteiger partial charge in [0, 0.05) is 37.3 Å². The van der Waals surface area contributed by atoms with Gasteiger partial charge in [-0.2, -0.15) is 0 Å². The van der Waals surface area contributed by atoms with Crippen LogP contribution in [0.2, 0.25) is 0 Å². The summed E-state index contributed by atoms with van der Waals surface area (Å²) in [5.41, 5.74) is 4.92. The van der Waals surface area contributed by atoms with Gasteiger partial charge in [0.15, 0.2) is 11.6 Å². The van der Waals surface area contributed by atoms with Crippen LogP contribution in [-0.4, -0.2) is 51.1 Å². The molecule has 0 unspecified atom stereocenters. The quantitative estimate of drug-likeness (QED) is 0.721. The fraction of sp³-hybridized carbons (Fsp3) is 0.524. The molecule has 7 nitrogen and oxygen atoms in total. The molecule has 1 saturated carbocycles. The number of benzene rings is 1. The SMILES string of the molecule is COC(=O)c1cn(C2CC2)c2c(OC)c(N3CC[C@](CN)(CF)C3)c(F)cc2c1=O. The van der Waals surface area contributed by atoms with Crippen molar-refractivity contribution in [3.05, 3.63) is 33.9 Å². The van der Waals surface area contributed by atoms with E-state index in [0.717, 1.165) is 18.9 Å². The molecule has 1 aromatic carbocycles. The first-order valence-electron chi connectivity index (χ1n) is 9.94. The van der Waals surface area contributed by atoms with Crippen LogP contribution in [0.4, 0.5) is 14.5 Å². The number of hydrogen-bond donors (Lipinski definition) is 1. The maximum atomic E-state index is 15.3. The average Bonchev–Trinajstić information content (AvgIpc) is 3.52. The van der Waals surface area contributed by atoms with Crippen molar-refractivity contribution < 1.29 is 23.0 Å². The van der Waals surface area contributed by atoms with Crippen molar-refractivity contribution >= 4 is 22.6 Å². The first-order chi connectivity index (χ1) is 14.4. The van der Waals surface area contributed by atoms with E-state index < -0.39 is 29.3 Å². The molecular formula is C21H25F2N3O4. The lowest BCUT2D eigenvalue weighted by Gasteiger charge is -2.27. The van der Waals surface area contributed by atoms with Crippen molar-refractivity contribution in [2.24, 2.45) is 11.1 Å². The van der Waals surface area contributed by atoms with E-state index in [-0.39, 0.29) is 41.5 Å². The molecule has 2 fully saturated rings. The highest BCUT2D eigenvalue weighted by Crippen LogP contribution is 2.45. The van der Waals surface area contributed by atoms with Crippen LogP contribution in [0.5, 0.6) is 5.75 Å². The van der Waals surface area contributed by atoms with Gasteiger partial charge in [-0.05, 0) is 25.3 Å². The Bertz CT molecular complexity index is 1060. The normalized spacial score (nSPS) is 21.3. The molecular weight excluding hydrogens is 396 g/mol. The Morgan fingerprint density at radius 3 is 2.63 bits per heavy atom. The van der Waals surface area contributed by atoms with Crippen molar-refractivity contribution in [1.29, 1.82) is 0 Å². The Balaban J connectivity index is 1.97. The number of fused-ring (bicyclic) bond motifs is 1. The van der Waals surface area contributed by atoms with Crippen LogP contribution >= 0.6 is 0 Å². The molecule has 1 atom stereocenters. The Labute approximate surface area is 172 Å². The first kappa shape index (κ1) is 20.6. The lowest BCUT2D eigenvalue weighted by molar-refractivity contribution is 0.0598. The summed E-state index contributed by atoms with van der Waals surface area (Å²) in [6, 6.07) is 1.22. The molecule has 1 aromatic heterocycles. The molecule has 4 rings (SSSR count). The largest absolute Gasteiger partial charge is 0.492 e. The number of rotatable bonds is 6. The molecule has 30 heavy (non-hydrogen) atoms. The highest BCUT2D eigenvalue weighted by molar-refractivity contribution is 5.97. The minimum atomic E-state index is -0.769. The summed E-state index contributed by atoms with van der Waals surface area (Å²) in [4.78, 5) is 26.8. The maximum Gasteiger partial charge on any atom is 0.343 e. The fourth-order valence-electron chi connectivity index (χ4n) is 4.28. The van der Waals surface area contributed by atoms with Gasteiger partial charge in [-0.25, -0.2) is 9.18 Å². The second-order valence-corrected chi connectivity index (χ2v) is 8.15. The van der Waals surface area contributed by atoms with Gasteiger partial charge in [-0.3, -0.25) is 9.18 Å². The van der Waals surface area contributed by atoms with Gasteiger partial charge in [-0.15, -0.1) is 0 Å². The number of halogens is 2. The number of alkyl halides is 1. The Hall–Kier alpha value is -2.68. The zero-order chi connectivity index (χ0) is 21.6.